The first-order valence-corrected chi connectivity index (χ1v) is 7.03. The van der Waals surface area contributed by atoms with Gasteiger partial charge in [-0.2, -0.15) is 0 Å². The summed E-state index contributed by atoms with van der Waals surface area (Å²) < 4.78 is 15.8. The number of rotatable bonds is 6. The van der Waals surface area contributed by atoms with E-state index in [9.17, 15) is 4.79 Å². The SMILES string of the molecule is COc1cc(C(=O)/C(C)=C/c2ccncc2)cc(OC)c1OC. The van der Waals surface area contributed by atoms with Crippen molar-refractivity contribution in [2.75, 3.05) is 21.3 Å². The molecule has 2 aromatic rings. The van der Waals surface area contributed by atoms with Gasteiger partial charge in [0.2, 0.25) is 5.75 Å². The molecule has 0 aliphatic heterocycles. The molecule has 0 aliphatic rings. The van der Waals surface area contributed by atoms with Crippen LogP contribution in [-0.4, -0.2) is 32.1 Å². The fourth-order valence-electron chi connectivity index (χ4n) is 2.22. The first-order valence-electron chi connectivity index (χ1n) is 7.03. The Morgan fingerprint density at radius 1 is 1.00 bits per heavy atom. The number of hydrogen-bond acceptors (Lipinski definition) is 5. The van der Waals surface area contributed by atoms with Crippen LogP contribution < -0.4 is 14.2 Å². The number of pyridine rings is 1. The lowest BCUT2D eigenvalue weighted by Gasteiger charge is -2.13. The molecule has 23 heavy (non-hydrogen) atoms. The van der Waals surface area contributed by atoms with Crippen molar-refractivity contribution in [3.8, 4) is 17.2 Å². The van der Waals surface area contributed by atoms with Crippen LogP contribution in [0.25, 0.3) is 6.08 Å². The zero-order valence-electron chi connectivity index (χ0n) is 13.6. The summed E-state index contributed by atoms with van der Waals surface area (Å²) in [7, 11) is 4.56. The van der Waals surface area contributed by atoms with E-state index in [1.165, 1.54) is 21.3 Å². The van der Waals surface area contributed by atoms with Crippen LogP contribution in [0, 0.1) is 0 Å². The predicted octanol–water partition coefficient (Wildman–Crippen LogP) is 3.39. The van der Waals surface area contributed by atoms with E-state index in [1.807, 2.05) is 18.2 Å². The number of carbonyl (C=O) groups excluding carboxylic acids is 1. The molecule has 0 N–H and O–H groups in total. The highest BCUT2D eigenvalue weighted by Crippen LogP contribution is 2.38. The summed E-state index contributed by atoms with van der Waals surface area (Å²) in [6.45, 7) is 1.77. The molecule has 0 saturated carbocycles. The fraction of sp³-hybridized carbons (Fsp3) is 0.222. The summed E-state index contributed by atoms with van der Waals surface area (Å²) in [5, 5.41) is 0. The van der Waals surface area contributed by atoms with E-state index in [1.54, 1.807) is 31.5 Å². The van der Waals surface area contributed by atoms with E-state index in [0.717, 1.165) is 5.56 Å². The van der Waals surface area contributed by atoms with E-state index in [0.29, 0.717) is 28.4 Å². The van der Waals surface area contributed by atoms with Crippen molar-refractivity contribution in [1.82, 2.24) is 4.98 Å². The lowest BCUT2D eigenvalue weighted by atomic mass is 10.0. The molecule has 0 amide bonds. The zero-order valence-corrected chi connectivity index (χ0v) is 13.6. The van der Waals surface area contributed by atoms with Gasteiger partial charge in [-0.1, -0.05) is 0 Å². The lowest BCUT2D eigenvalue weighted by Crippen LogP contribution is -2.04. The Bertz CT molecular complexity index is 698. The predicted molar refractivity (Wildman–Crippen MR) is 88.3 cm³/mol. The van der Waals surface area contributed by atoms with Gasteiger partial charge in [-0.15, -0.1) is 0 Å². The minimum atomic E-state index is -0.110. The summed E-state index contributed by atoms with van der Waals surface area (Å²) in [5.41, 5.74) is 1.99. The van der Waals surface area contributed by atoms with E-state index in [-0.39, 0.29) is 5.78 Å². The first-order chi connectivity index (χ1) is 11.1. The van der Waals surface area contributed by atoms with Crippen LogP contribution in [0.1, 0.15) is 22.8 Å². The second-order valence-electron chi connectivity index (χ2n) is 4.85. The van der Waals surface area contributed by atoms with Gasteiger partial charge in [0.15, 0.2) is 17.3 Å². The largest absolute Gasteiger partial charge is 0.493 e. The summed E-state index contributed by atoms with van der Waals surface area (Å²) in [5.74, 6) is 1.25. The molecule has 0 unspecified atom stereocenters. The van der Waals surface area contributed by atoms with Crippen molar-refractivity contribution in [1.29, 1.82) is 0 Å². The maximum absolute atomic E-state index is 12.6. The van der Waals surface area contributed by atoms with Crippen molar-refractivity contribution in [2.45, 2.75) is 6.92 Å². The smallest absolute Gasteiger partial charge is 0.203 e. The van der Waals surface area contributed by atoms with E-state index in [4.69, 9.17) is 14.2 Å². The van der Waals surface area contributed by atoms with Gasteiger partial charge >= 0.3 is 0 Å². The second kappa shape index (κ2) is 7.45. The Labute approximate surface area is 135 Å². The van der Waals surface area contributed by atoms with Crippen molar-refractivity contribution in [3.63, 3.8) is 0 Å². The molecule has 5 nitrogen and oxygen atoms in total. The van der Waals surface area contributed by atoms with Gasteiger partial charge in [-0.25, -0.2) is 0 Å². The number of ketones is 1. The molecule has 5 heteroatoms. The van der Waals surface area contributed by atoms with Crippen LogP contribution in [0.15, 0.2) is 42.2 Å². The number of ether oxygens (including phenoxy) is 3. The van der Waals surface area contributed by atoms with Crippen molar-refractivity contribution in [2.24, 2.45) is 0 Å². The van der Waals surface area contributed by atoms with Crippen LogP contribution in [0.3, 0.4) is 0 Å². The van der Waals surface area contributed by atoms with E-state index < -0.39 is 0 Å². The summed E-state index contributed by atoms with van der Waals surface area (Å²) >= 11 is 0. The molecule has 0 atom stereocenters. The third-order valence-electron chi connectivity index (χ3n) is 3.37. The van der Waals surface area contributed by atoms with E-state index in [2.05, 4.69) is 4.98 Å². The monoisotopic (exact) mass is 313 g/mol. The highest BCUT2D eigenvalue weighted by atomic mass is 16.5. The Hall–Kier alpha value is -2.82. The molecule has 0 saturated heterocycles. The minimum absolute atomic E-state index is 0.110. The molecule has 2 rings (SSSR count). The molecule has 0 spiro atoms. The quantitative estimate of drug-likeness (QED) is 0.604. The summed E-state index contributed by atoms with van der Waals surface area (Å²) in [6.07, 6.45) is 5.18. The van der Waals surface area contributed by atoms with Gasteiger partial charge in [0, 0.05) is 18.0 Å². The molecule has 1 heterocycles. The molecule has 1 aromatic carbocycles. The van der Waals surface area contributed by atoms with Crippen LogP contribution >= 0.6 is 0 Å². The topological polar surface area (TPSA) is 57.7 Å². The number of nitrogens with zero attached hydrogens (tertiary/aromatic N) is 1. The number of methoxy groups -OCH3 is 3. The number of aromatic nitrogens is 1. The molecular weight excluding hydrogens is 294 g/mol. The van der Waals surface area contributed by atoms with E-state index >= 15 is 0 Å². The number of hydrogen-bond donors (Lipinski definition) is 0. The van der Waals surface area contributed by atoms with Gasteiger partial charge in [0.05, 0.1) is 21.3 Å². The number of carbonyl (C=O) groups is 1. The van der Waals surface area contributed by atoms with Gasteiger partial charge < -0.3 is 14.2 Å². The number of allylic oxidation sites excluding steroid dienone is 1. The maximum atomic E-state index is 12.6. The third kappa shape index (κ3) is 3.69. The van der Waals surface area contributed by atoms with Crippen molar-refractivity contribution in [3.05, 3.63) is 53.4 Å². The fourth-order valence-corrected chi connectivity index (χ4v) is 2.22. The molecule has 120 valence electrons. The van der Waals surface area contributed by atoms with Crippen molar-refractivity contribution < 1.29 is 19.0 Å². The molecule has 0 fully saturated rings. The zero-order chi connectivity index (χ0) is 16.8. The molecule has 0 radical (unpaired) electrons. The molecule has 1 aromatic heterocycles. The molecule has 0 bridgehead atoms. The van der Waals surface area contributed by atoms with Crippen molar-refractivity contribution >= 4 is 11.9 Å². The van der Waals surface area contributed by atoms with Gasteiger partial charge in [-0.3, -0.25) is 9.78 Å². The Balaban J connectivity index is 2.41. The highest BCUT2D eigenvalue weighted by molar-refractivity contribution is 6.11. The average Bonchev–Trinajstić information content (AvgIpc) is 2.60. The summed E-state index contributed by atoms with van der Waals surface area (Å²) in [6, 6.07) is 6.97. The van der Waals surface area contributed by atoms with Crippen LogP contribution in [0.4, 0.5) is 0 Å². The first kappa shape index (κ1) is 16.5. The molecule has 0 aliphatic carbocycles. The van der Waals surface area contributed by atoms with Gasteiger partial charge in [-0.05, 0) is 48.4 Å². The Morgan fingerprint density at radius 2 is 1.57 bits per heavy atom. The number of Topliss-reactive ketones (excluding diaryl/α,β-unsaturated/α-hetero) is 1. The van der Waals surface area contributed by atoms with Gasteiger partial charge in [0.1, 0.15) is 0 Å². The van der Waals surface area contributed by atoms with Gasteiger partial charge in [0.25, 0.3) is 0 Å². The summed E-state index contributed by atoms with van der Waals surface area (Å²) in [4.78, 5) is 16.6. The Morgan fingerprint density at radius 3 is 2.04 bits per heavy atom. The normalized spacial score (nSPS) is 11.0. The number of benzene rings is 1. The minimum Gasteiger partial charge on any atom is -0.493 e. The van der Waals surface area contributed by atoms with Crippen LogP contribution in [0.5, 0.6) is 17.2 Å². The molecular formula is C18H19NO4. The lowest BCUT2D eigenvalue weighted by molar-refractivity contribution is 0.103. The average molecular weight is 313 g/mol. The maximum Gasteiger partial charge on any atom is 0.203 e. The highest BCUT2D eigenvalue weighted by Gasteiger charge is 2.17. The van der Waals surface area contributed by atoms with Crippen LogP contribution in [0.2, 0.25) is 0 Å². The standard InChI is InChI=1S/C18H19NO4/c1-12(9-13-5-7-19-8-6-13)17(20)14-10-15(21-2)18(23-4)16(11-14)22-3/h5-11H,1-4H3/b12-9+. The van der Waals surface area contributed by atoms with Crippen LogP contribution in [-0.2, 0) is 0 Å². The second-order valence-corrected chi connectivity index (χ2v) is 4.85. The Kier molecular flexibility index (Phi) is 5.36. The third-order valence-corrected chi connectivity index (χ3v) is 3.37.